The molecule has 1 atom stereocenters. The summed E-state index contributed by atoms with van der Waals surface area (Å²) in [5, 5.41) is 0.158. The number of ether oxygens (including phenoxy) is 1. The quantitative estimate of drug-likeness (QED) is 0.568. The molecule has 0 aromatic heterocycles. The van der Waals surface area contributed by atoms with Crippen LogP contribution in [0.5, 0.6) is 0 Å². The van der Waals surface area contributed by atoms with Crippen molar-refractivity contribution in [3.05, 3.63) is 34.3 Å². The Bertz CT molecular complexity index is 291. The normalized spacial score (nSPS) is 12.7. The number of benzene rings is 1. The number of alkyl halides is 1. The molecular formula is C12H16BrClO. The van der Waals surface area contributed by atoms with Crippen LogP contribution in [0, 0.1) is 0 Å². The van der Waals surface area contributed by atoms with E-state index in [1.807, 2.05) is 19.1 Å². The van der Waals surface area contributed by atoms with Crippen molar-refractivity contribution < 1.29 is 4.74 Å². The van der Waals surface area contributed by atoms with Crippen molar-refractivity contribution in [2.75, 3.05) is 13.2 Å². The lowest BCUT2D eigenvalue weighted by atomic mass is 10.1. The van der Waals surface area contributed by atoms with Gasteiger partial charge >= 0.3 is 0 Å². The van der Waals surface area contributed by atoms with E-state index < -0.39 is 0 Å². The lowest BCUT2D eigenvalue weighted by Crippen LogP contribution is -2.07. The van der Waals surface area contributed by atoms with Gasteiger partial charge in [-0.05, 0) is 37.5 Å². The largest absolute Gasteiger partial charge is 0.382 e. The highest BCUT2D eigenvalue weighted by atomic mass is 79.9. The van der Waals surface area contributed by atoms with E-state index in [-0.39, 0.29) is 5.38 Å². The van der Waals surface area contributed by atoms with Crippen LogP contribution in [0.4, 0.5) is 0 Å². The molecule has 0 aliphatic heterocycles. The van der Waals surface area contributed by atoms with Gasteiger partial charge in [0, 0.05) is 23.1 Å². The van der Waals surface area contributed by atoms with Gasteiger partial charge in [0.1, 0.15) is 0 Å². The third-order valence-corrected chi connectivity index (χ3v) is 2.99. The van der Waals surface area contributed by atoms with Gasteiger partial charge in [-0.15, -0.1) is 11.6 Å². The molecule has 0 amide bonds. The highest BCUT2D eigenvalue weighted by molar-refractivity contribution is 9.10. The van der Waals surface area contributed by atoms with Gasteiger partial charge in [0.25, 0.3) is 0 Å². The molecule has 0 radical (unpaired) electrons. The first-order chi connectivity index (χ1) is 7.22. The molecule has 1 rings (SSSR count). The summed E-state index contributed by atoms with van der Waals surface area (Å²) in [6.07, 6.45) is 1.80. The SMILES string of the molecule is CCOCCC(Cl)Cc1cccc(Br)c1. The second-order valence-corrected chi connectivity index (χ2v) is 4.95. The molecule has 0 N–H and O–H groups in total. The van der Waals surface area contributed by atoms with Gasteiger partial charge in [-0.1, -0.05) is 28.1 Å². The average molecular weight is 292 g/mol. The minimum absolute atomic E-state index is 0.158. The Balaban J connectivity index is 2.34. The summed E-state index contributed by atoms with van der Waals surface area (Å²) in [5.41, 5.74) is 1.26. The van der Waals surface area contributed by atoms with E-state index in [9.17, 15) is 0 Å². The summed E-state index contributed by atoms with van der Waals surface area (Å²) >= 11 is 9.66. The summed E-state index contributed by atoms with van der Waals surface area (Å²) in [7, 11) is 0. The molecule has 15 heavy (non-hydrogen) atoms. The highest BCUT2D eigenvalue weighted by Gasteiger charge is 2.05. The molecule has 1 aromatic rings. The van der Waals surface area contributed by atoms with Crippen LogP contribution in [0.1, 0.15) is 18.9 Å². The summed E-state index contributed by atoms with van der Waals surface area (Å²) in [6.45, 7) is 3.51. The monoisotopic (exact) mass is 290 g/mol. The van der Waals surface area contributed by atoms with E-state index in [0.29, 0.717) is 0 Å². The van der Waals surface area contributed by atoms with Crippen LogP contribution >= 0.6 is 27.5 Å². The Morgan fingerprint density at radius 2 is 2.27 bits per heavy atom. The zero-order valence-electron chi connectivity index (χ0n) is 8.88. The Kier molecular flexibility index (Phi) is 6.30. The van der Waals surface area contributed by atoms with Crippen molar-refractivity contribution in [3.8, 4) is 0 Å². The van der Waals surface area contributed by atoms with Gasteiger partial charge in [0.15, 0.2) is 0 Å². The first-order valence-electron chi connectivity index (χ1n) is 5.18. The van der Waals surface area contributed by atoms with Crippen molar-refractivity contribution in [3.63, 3.8) is 0 Å². The maximum absolute atomic E-state index is 6.21. The fraction of sp³-hybridized carbons (Fsp3) is 0.500. The molecule has 0 spiro atoms. The van der Waals surface area contributed by atoms with Gasteiger partial charge in [0.05, 0.1) is 0 Å². The van der Waals surface area contributed by atoms with E-state index in [1.165, 1.54) is 5.56 Å². The Morgan fingerprint density at radius 3 is 2.93 bits per heavy atom. The van der Waals surface area contributed by atoms with Crippen molar-refractivity contribution in [1.82, 2.24) is 0 Å². The van der Waals surface area contributed by atoms with Crippen LogP contribution in [0.3, 0.4) is 0 Å². The molecule has 1 aromatic carbocycles. The lowest BCUT2D eigenvalue weighted by Gasteiger charge is -2.09. The van der Waals surface area contributed by atoms with Crippen LogP contribution in [0.2, 0.25) is 0 Å². The van der Waals surface area contributed by atoms with Gasteiger partial charge < -0.3 is 4.74 Å². The zero-order chi connectivity index (χ0) is 11.1. The Labute approximate surface area is 105 Å². The standard InChI is InChI=1S/C12H16BrClO/c1-2-15-7-6-12(14)9-10-4-3-5-11(13)8-10/h3-5,8,12H,2,6-7,9H2,1H3. The highest BCUT2D eigenvalue weighted by Crippen LogP contribution is 2.16. The van der Waals surface area contributed by atoms with Crippen LogP contribution in [0.25, 0.3) is 0 Å². The van der Waals surface area contributed by atoms with Crippen molar-refractivity contribution in [2.45, 2.75) is 25.1 Å². The lowest BCUT2D eigenvalue weighted by molar-refractivity contribution is 0.144. The minimum Gasteiger partial charge on any atom is -0.382 e. The molecule has 0 heterocycles. The average Bonchev–Trinajstić information content (AvgIpc) is 2.18. The van der Waals surface area contributed by atoms with Crippen LogP contribution < -0.4 is 0 Å². The second-order valence-electron chi connectivity index (χ2n) is 3.42. The predicted octanol–water partition coefficient (Wildman–Crippen LogP) is 4.03. The number of rotatable bonds is 6. The zero-order valence-corrected chi connectivity index (χ0v) is 11.2. The molecule has 0 aliphatic rings. The molecule has 84 valence electrons. The smallest absolute Gasteiger partial charge is 0.0480 e. The first-order valence-corrected chi connectivity index (χ1v) is 6.41. The molecule has 3 heteroatoms. The van der Waals surface area contributed by atoms with E-state index in [2.05, 4.69) is 28.1 Å². The fourth-order valence-electron chi connectivity index (χ4n) is 1.38. The fourth-order valence-corrected chi connectivity index (χ4v) is 2.09. The van der Waals surface area contributed by atoms with E-state index in [4.69, 9.17) is 16.3 Å². The summed E-state index contributed by atoms with van der Waals surface area (Å²) in [6, 6.07) is 8.26. The summed E-state index contributed by atoms with van der Waals surface area (Å²) in [5.74, 6) is 0. The predicted molar refractivity (Wildman–Crippen MR) is 68.6 cm³/mol. The molecule has 0 saturated carbocycles. The molecule has 0 saturated heterocycles. The van der Waals surface area contributed by atoms with Gasteiger partial charge in [-0.3, -0.25) is 0 Å². The molecule has 0 bridgehead atoms. The van der Waals surface area contributed by atoms with Crippen molar-refractivity contribution in [1.29, 1.82) is 0 Å². The van der Waals surface area contributed by atoms with Crippen LogP contribution in [-0.2, 0) is 11.2 Å². The number of halogens is 2. The molecule has 0 aliphatic carbocycles. The number of hydrogen-bond donors (Lipinski definition) is 0. The topological polar surface area (TPSA) is 9.23 Å². The minimum atomic E-state index is 0.158. The van der Waals surface area contributed by atoms with Crippen molar-refractivity contribution in [2.24, 2.45) is 0 Å². The first kappa shape index (κ1) is 13.0. The third kappa shape index (κ3) is 5.55. The van der Waals surface area contributed by atoms with Gasteiger partial charge in [0.2, 0.25) is 0 Å². The van der Waals surface area contributed by atoms with E-state index in [0.717, 1.165) is 30.5 Å². The molecule has 1 nitrogen and oxygen atoms in total. The summed E-state index contributed by atoms with van der Waals surface area (Å²) < 4.78 is 6.38. The van der Waals surface area contributed by atoms with Crippen LogP contribution in [0.15, 0.2) is 28.7 Å². The third-order valence-electron chi connectivity index (χ3n) is 2.13. The summed E-state index contributed by atoms with van der Waals surface area (Å²) in [4.78, 5) is 0. The van der Waals surface area contributed by atoms with Crippen LogP contribution in [-0.4, -0.2) is 18.6 Å². The maximum atomic E-state index is 6.21. The van der Waals surface area contributed by atoms with E-state index in [1.54, 1.807) is 0 Å². The molecule has 1 unspecified atom stereocenters. The van der Waals surface area contributed by atoms with Crippen molar-refractivity contribution >= 4 is 27.5 Å². The molecule has 0 fully saturated rings. The second kappa shape index (κ2) is 7.26. The van der Waals surface area contributed by atoms with Gasteiger partial charge in [-0.25, -0.2) is 0 Å². The van der Waals surface area contributed by atoms with E-state index >= 15 is 0 Å². The van der Waals surface area contributed by atoms with Gasteiger partial charge in [-0.2, -0.15) is 0 Å². The molecular weight excluding hydrogens is 275 g/mol. The Morgan fingerprint density at radius 1 is 1.47 bits per heavy atom. The maximum Gasteiger partial charge on any atom is 0.0480 e. The Hall–Kier alpha value is -0.0500. The number of hydrogen-bond acceptors (Lipinski definition) is 1.